The first-order chi connectivity index (χ1) is 15.9. The van der Waals surface area contributed by atoms with Crippen molar-refractivity contribution in [3.05, 3.63) is 77.9 Å². The summed E-state index contributed by atoms with van der Waals surface area (Å²) in [6.07, 6.45) is -4.42. The molecule has 1 aliphatic rings. The smallest absolute Gasteiger partial charge is 0.352 e. The van der Waals surface area contributed by atoms with E-state index in [9.17, 15) is 18.0 Å². The molecule has 4 aromatic rings. The zero-order chi connectivity index (χ0) is 23.0. The number of alkyl halides is 3. The van der Waals surface area contributed by atoms with Gasteiger partial charge in [-0.3, -0.25) is 4.79 Å². The van der Waals surface area contributed by atoms with Gasteiger partial charge in [0.25, 0.3) is 5.91 Å². The summed E-state index contributed by atoms with van der Waals surface area (Å²) in [7, 11) is 0. The van der Waals surface area contributed by atoms with E-state index in [1.165, 1.54) is 12.1 Å². The molecular weight excluding hydrogens is 433 g/mol. The Balaban J connectivity index is 1.29. The van der Waals surface area contributed by atoms with E-state index >= 15 is 0 Å². The van der Waals surface area contributed by atoms with Crippen molar-refractivity contribution in [2.24, 2.45) is 0 Å². The van der Waals surface area contributed by atoms with Gasteiger partial charge in [0, 0.05) is 37.3 Å². The molecule has 0 bridgehead atoms. The maximum absolute atomic E-state index is 12.8. The van der Waals surface area contributed by atoms with Gasteiger partial charge in [-0.25, -0.2) is 0 Å². The van der Waals surface area contributed by atoms with Crippen molar-refractivity contribution in [2.45, 2.75) is 6.18 Å². The molecule has 0 saturated carbocycles. The Morgan fingerprint density at radius 1 is 0.818 bits per heavy atom. The minimum atomic E-state index is -4.42. The third kappa shape index (κ3) is 4.11. The third-order valence-corrected chi connectivity index (χ3v) is 5.63. The van der Waals surface area contributed by atoms with Crippen LogP contribution in [-0.4, -0.2) is 56.8 Å². The van der Waals surface area contributed by atoms with Crippen molar-refractivity contribution < 1.29 is 18.0 Å². The first-order valence-electron chi connectivity index (χ1n) is 10.4. The zero-order valence-corrected chi connectivity index (χ0v) is 17.4. The van der Waals surface area contributed by atoms with Crippen molar-refractivity contribution in [1.82, 2.24) is 24.7 Å². The Bertz CT molecular complexity index is 1280. The molecule has 0 spiro atoms. The highest BCUT2D eigenvalue weighted by atomic mass is 19.4. The molecule has 0 aliphatic carbocycles. The van der Waals surface area contributed by atoms with E-state index in [2.05, 4.69) is 15.1 Å². The SMILES string of the molecule is O=C(c1ccc(C(F)(F)F)cc1)N1CCN(c2ccc3nnc(-c4ccccc4)n3n2)CC1. The summed E-state index contributed by atoms with van der Waals surface area (Å²) in [6.45, 7) is 1.97. The van der Waals surface area contributed by atoms with Gasteiger partial charge in [0.05, 0.1) is 5.56 Å². The van der Waals surface area contributed by atoms with Gasteiger partial charge < -0.3 is 9.80 Å². The maximum Gasteiger partial charge on any atom is 0.416 e. The molecule has 7 nitrogen and oxygen atoms in total. The summed E-state index contributed by atoms with van der Waals surface area (Å²) < 4.78 is 40.0. The monoisotopic (exact) mass is 452 g/mol. The second-order valence-electron chi connectivity index (χ2n) is 7.71. The van der Waals surface area contributed by atoms with Crippen LogP contribution < -0.4 is 4.90 Å². The number of rotatable bonds is 3. The third-order valence-electron chi connectivity index (χ3n) is 5.63. The van der Waals surface area contributed by atoms with Crippen LogP contribution in [0.15, 0.2) is 66.7 Å². The van der Waals surface area contributed by atoms with Crippen molar-refractivity contribution in [1.29, 1.82) is 0 Å². The minimum Gasteiger partial charge on any atom is -0.352 e. The van der Waals surface area contributed by atoms with Gasteiger partial charge in [0.2, 0.25) is 0 Å². The van der Waals surface area contributed by atoms with Crippen LogP contribution in [0.25, 0.3) is 17.0 Å². The van der Waals surface area contributed by atoms with Gasteiger partial charge in [-0.1, -0.05) is 30.3 Å². The number of hydrogen-bond donors (Lipinski definition) is 0. The van der Waals surface area contributed by atoms with Crippen molar-refractivity contribution in [3.8, 4) is 11.4 Å². The highest BCUT2D eigenvalue weighted by Crippen LogP contribution is 2.29. The van der Waals surface area contributed by atoms with Gasteiger partial charge in [-0.15, -0.1) is 15.3 Å². The number of piperazine rings is 1. The maximum atomic E-state index is 12.8. The number of hydrogen-bond acceptors (Lipinski definition) is 5. The van der Waals surface area contributed by atoms with Crippen LogP contribution in [-0.2, 0) is 6.18 Å². The van der Waals surface area contributed by atoms with Crippen LogP contribution in [0.1, 0.15) is 15.9 Å². The van der Waals surface area contributed by atoms with Crippen molar-refractivity contribution >= 4 is 17.4 Å². The van der Waals surface area contributed by atoms with E-state index in [0.29, 0.717) is 37.7 Å². The number of nitrogens with zero attached hydrogens (tertiary/aromatic N) is 6. The van der Waals surface area contributed by atoms with Crippen LogP contribution in [0.4, 0.5) is 19.0 Å². The van der Waals surface area contributed by atoms with Gasteiger partial charge in [-0.2, -0.15) is 17.7 Å². The number of aromatic nitrogens is 4. The fourth-order valence-electron chi connectivity index (χ4n) is 3.84. The summed E-state index contributed by atoms with van der Waals surface area (Å²) in [5.74, 6) is 1.10. The van der Waals surface area contributed by atoms with E-state index in [1.54, 1.807) is 9.42 Å². The van der Waals surface area contributed by atoms with Crippen LogP contribution in [0.5, 0.6) is 0 Å². The lowest BCUT2D eigenvalue weighted by Crippen LogP contribution is -2.49. The fraction of sp³-hybridized carbons (Fsp3) is 0.217. The lowest BCUT2D eigenvalue weighted by atomic mass is 10.1. The highest BCUT2D eigenvalue weighted by Gasteiger charge is 2.31. The molecule has 168 valence electrons. The van der Waals surface area contributed by atoms with Crippen LogP contribution in [0.2, 0.25) is 0 Å². The van der Waals surface area contributed by atoms with Crippen molar-refractivity contribution in [3.63, 3.8) is 0 Å². The first-order valence-corrected chi connectivity index (χ1v) is 10.4. The van der Waals surface area contributed by atoms with Gasteiger partial charge in [0.1, 0.15) is 5.82 Å². The predicted octanol–water partition coefficient (Wildman–Crippen LogP) is 3.77. The summed E-state index contributed by atoms with van der Waals surface area (Å²) in [5, 5.41) is 13.1. The van der Waals surface area contributed by atoms with E-state index < -0.39 is 11.7 Å². The number of halogens is 3. The van der Waals surface area contributed by atoms with E-state index in [0.717, 1.165) is 23.5 Å². The molecule has 10 heteroatoms. The Labute approximate surface area is 187 Å². The molecule has 1 fully saturated rings. The van der Waals surface area contributed by atoms with Gasteiger partial charge >= 0.3 is 6.18 Å². The summed E-state index contributed by atoms with van der Waals surface area (Å²) in [4.78, 5) is 16.4. The van der Waals surface area contributed by atoms with Crippen molar-refractivity contribution in [2.75, 3.05) is 31.1 Å². The number of anilines is 1. The second-order valence-corrected chi connectivity index (χ2v) is 7.71. The molecule has 2 aromatic carbocycles. The molecule has 3 heterocycles. The number of amides is 1. The Morgan fingerprint density at radius 3 is 2.18 bits per heavy atom. The molecule has 0 unspecified atom stereocenters. The predicted molar refractivity (Wildman–Crippen MR) is 116 cm³/mol. The topological polar surface area (TPSA) is 66.6 Å². The van der Waals surface area contributed by atoms with E-state index in [4.69, 9.17) is 5.10 Å². The lowest BCUT2D eigenvalue weighted by molar-refractivity contribution is -0.137. The van der Waals surface area contributed by atoms with Crippen LogP contribution >= 0.6 is 0 Å². The van der Waals surface area contributed by atoms with E-state index in [-0.39, 0.29) is 11.5 Å². The molecule has 2 aromatic heterocycles. The minimum absolute atomic E-state index is 0.244. The lowest BCUT2D eigenvalue weighted by Gasteiger charge is -2.35. The average Bonchev–Trinajstić information content (AvgIpc) is 3.27. The van der Waals surface area contributed by atoms with Gasteiger partial charge in [-0.05, 0) is 36.4 Å². The van der Waals surface area contributed by atoms with Gasteiger partial charge in [0.15, 0.2) is 11.5 Å². The summed E-state index contributed by atoms with van der Waals surface area (Å²) >= 11 is 0. The fourth-order valence-corrected chi connectivity index (χ4v) is 3.84. The molecule has 33 heavy (non-hydrogen) atoms. The van der Waals surface area contributed by atoms with E-state index in [1.807, 2.05) is 42.5 Å². The van der Waals surface area contributed by atoms with Crippen LogP contribution in [0, 0.1) is 0 Å². The molecule has 1 amide bonds. The Hall–Kier alpha value is -3.95. The number of carbonyl (C=O) groups is 1. The molecule has 1 saturated heterocycles. The molecule has 5 rings (SSSR count). The Morgan fingerprint density at radius 2 is 1.52 bits per heavy atom. The normalized spacial score (nSPS) is 14.6. The Kier molecular flexibility index (Phi) is 5.20. The van der Waals surface area contributed by atoms with Crippen LogP contribution in [0.3, 0.4) is 0 Å². The summed E-state index contributed by atoms with van der Waals surface area (Å²) in [6, 6.07) is 17.7. The molecular formula is C23H19F3N6O. The summed E-state index contributed by atoms with van der Waals surface area (Å²) in [5.41, 5.74) is 1.01. The largest absolute Gasteiger partial charge is 0.416 e. The highest BCUT2D eigenvalue weighted by molar-refractivity contribution is 5.94. The molecule has 0 atom stereocenters. The standard InChI is InChI=1S/C23H19F3N6O/c24-23(25,26)18-8-6-17(7-9-18)22(33)31-14-12-30(13-15-31)20-11-10-19-27-28-21(32(19)29-20)16-4-2-1-3-5-16/h1-11H,12-15H2. The first kappa shape index (κ1) is 20.9. The molecule has 1 aliphatic heterocycles. The molecule has 0 radical (unpaired) electrons. The average molecular weight is 452 g/mol. The number of carbonyl (C=O) groups excluding carboxylic acids is 1. The number of fused-ring (bicyclic) bond motifs is 1. The second kappa shape index (κ2) is 8.19. The molecule has 0 N–H and O–H groups in total. The zero-order valence-electron chi connectivity index (χ0n) is 17.4. The number of benzene rings is 2. The quantitative estimate of drug-likeness (QED) is 0.474.